The Morgan fingerprint density at radius 2 is 1.93 bits per heavy atom. The number of aliphatic hydroxyl groups is 1. The largest absolute Gasteiger partial charge is 0.385 e. The van der Waals surface area contributed by atoms with Gasteiger partial charge in [0.25, 0.3) is 0 Å². The summed E-state index contributed by atoms with van der Waals surface area (Å²) in [4.78, 5) is 0. The zero-order chi connectivity index (χ0) is 10.5. The van der Waals surface area contributed by atoms with Crippen molar-refractivity contribution in [1.82, 2.24) is 0 Å². The molecule has 0 radical (unpaired) electrons. The quantitative estimate of drug-likeness (QED) is 0.742. The number of fused-ring (bicyclic) bond motifs is 2. The third-order valence-corrected chi connectivity index (χ3v) is 4.73. The van der Waals surface area contributed by atoms with Gasteiger partial charge in [-0.15, -0.1) is 0 Å². The topological polar surface area (TPSA) is 20.2 Å². The highest BCUT2D eigenvalue weighted by atomic mass is 16.3. The van der Waals surface area contributed by atoms with E-state index in [1.807, 2.05) is 18.2 Å². The number of benzene rings is 1. The highest BCUT2D eigenvalue weighted by molar-refractivity contribution is 5.27. The Morgan fingerprint density at radius 1 is 1.20 bits per heavy atom. The average molecular weight is 202 g/mol. The Bertz CT molecular complexity index is 355. The van der Waals surface area contributed by atoms with Gasteiger partial charge in [0, 0.05) is 0 Å². The molecule has 2 saturated carbocycles. The van der Waals surface area contributed by atoms with Crippen molar-refractivity contribution in [3.8, 4) is 0 Å². The second-order valence-electron chi connectivity index (χ2n) is 5.25. The van der Waals surface area contributed by atoms with Gasteiger partial charge in [-0.2, -0.15) is 0 Å². The van der Waals surface area contributed by atoms with Crippen LogP contribution in [0.2, 0.25) is 0 Å². The zero-order valence-electron chi connectivity index (χ0n) is 9.19. The first-order chi connectivity index (χ1) is 7.23. The van der Waals surface area contributed by atoms with Crippen LogP contribution in [0, 0.1) is 17.8 Å². The van der Waals surface area contributed by atoms with Crippen molar-refractivity contribution >= 4 is 0 Å². The van der Waals surface area contributed by atoms with Crippen molar-refractivity contribution in [2.45, 2.75) is 31.8 Å². The number of rotatable bonds is 1. The predicted octanol–water partition coefficient (Wildman–Crippen LogP) is 2.94. The van der Waals surface area contributed by atoms with Crippen molar-refractivity contribution in [1.29, 1.82) is 0 Å². The fourth-order valence-corrected chi connectivity index (χ4v) is 3.81. The van der Waals surface area contributed by atoms with Crippen molar-refractivity contribution < 1.29 is 5.11 Å². The summed E-state index contributed by atoms with van der Waals surface area (Å²) in [5, 5.41) is 10.9. The fourth-order valence-electron chi connectivity index (χ4n) is 3.81. The van der Waals surface area contributed by atoms with Crippen LogP contribution < -0.4 is 0 Å². The van der Waals surface area contributed by atoms with E-state index < -0.39 is 5.60 Å². The van der Waals surface area contributed by atoms with E-state index in [4.69, 9.17) is 0 Å². The molecule has 0 unspecified atom stereocenters. The van der Waals surface area contributed by atoms with Crippen LogP contribution in [0.25, 0.3) is 0 Å². The lowest BCUT2D eigenvalue weighted by molar-refractivity contribution is -0.0597. The summed E-state index contributed by atoms with van der Waals surface area (Å²) in [5.41, 5.74) is 0.592. The molecular weight excluding hydrogens is 184 g/mol. The highest BCUT2D eigenvalue weighted by Crippen LogP contribution is 2.58. The molecule has 0 aliphatic heterocycles. The summed E-state index contributed by atoms with van der Waals surface area (Å²) in [6, 6.07) is 10.2. The Kier molecular flexibility index (Phi) is 1.93. The standard InChI is InChI=1S/C14H18O/c1-10-11-7-8-13(9-11)14(10,15)12-5-3-2-4-6-12/h2-6,10-11,13,15H,7-9H2,1H3/t10-,11+,13-,14-/m1/s1. The summed E-state index contributed by atoms with van der Waals surface area (Å²) in [5.74, 6) is 1.68. The van der Waals surface area contributed by atoms with Gasteiger partial charge in [0.15, 0.2) is 0 Å². The van der Waals surface area contributed by atoms with Gasteiger partial charge in [-0.1, -0.05) is 37.3 Å². The predicted molar refractivity (Wildman–Crippen MR) is 60.3 cm³/mol. The van der Waals surface area contributed by atoms with E-state index in [1.165, 1.54) is 19.3 Å². The van der Waals surface area contributed by atoms with Crippen LogP contribution in [-0.4, -0.2) is 5.11 Å². The summed E-state index contributed by atoms with van der Waals surface area (Å²) >= 11 is 0. The Hall–Kier alpha value is -0.820. The van der Waals surface area contributed by atoms with Gasteiger partial charge in [0.1, 0.15) is 0 Å². The molecule has 15 heavy (non-hydrogen) atoms. The van der Waals surface area contributed by atoms with Gasteiger partial charge < -0.3 is 5.11 Å². The van der Waals surface area contributed by atoms with Crippen molar-refractivity contribution in [3.63, 3.8) is 0 Å². The Labute approximate surface area is 91.1 Å². The van der Waals surface area contributed by atoms with Crippen LogP contribution in [0.3, 0.4) is 0 Å². The molecule has 2 fully saturated rings. The molecule has 1 aromatic carbocycles. The average Bonchev–Trinajstić information content (AvgIpc) is 2.84. The normalized spacial score (nSPS) is 43.5. The number of hydrogen-bond donors (Lipinski definition) is 1. The van der Waals surface area contributed by atoms with Crippen molar-refractivity contribution in [3.05, 3.63) is 35.9 Å². The first kappa shape index (κ1) is 9.41. The molecule has 1 nitrogen and oxygen atoms in total. The van der Waals surface area contributed by atoms with Crippen LogP contribution >= 0.6 is 0 Å². The molecule has 1 heteroatoms. The molecule has 2 aliphatic carbocycles. The van der Waals surface area contributed by atoms with Crippen LogP contribution in [0.5, 0.6) is 0 Å². The molecule has 4 atom stereocenters. The molecule has 3 rings (SSSR count). The van der Waals surface area contributed by atoms with Gasteiger partial charge in [-0.25, -0.2) is 0 Å². The van der Waals surface area contributed by atoms with Crippen LogP contribution in [0.4, 0.5) is 0 Å². The first-order valence-electron chi connectivity index (χ1n) is 6.01. The van der Waals surface area contributed by atoms with Gasteiger partial charge in [0.05, 0.1) is 5.60 Å². The van der Waals surface area contributed by atoms with Gasteiger partial charge in [-0.05, 0) is 42.6 Å². The molecule has 1 aromatic rings. The molecule has 2 bridgehead atoms. The summed E-state index contributed by atoms with van der Waals surface area (Å²) in [7, 11) is 0. The minimum Gasteiger partial charge on any atom is -0.385 e. The molecule has 2 aliphatic rings. The van der Waals surface area contributed by atoms with Gasteiger partial charge in [-0.3, -0.25) is 0 Å². The van der Waals surface area contributed by atoms with Crippen molar-refractivity contribution in [2.24, 2.45) is 17.8 Å². The second-order valence-corrected chi connectivity index (χ2v) is 5.25. The maximum Gasteiger partial charge on any atom is 0.0952 e. The van der Waals surface area contributed by atoms with E-state index in [9.17, 15) is 5.11 Å². The van der Waals surface area contributed by atoms with Gasteiger partial charge >= 0.3 is 0 Å². The third-order valence-electron chi connectivity index (χ3n) is 4.73. The molecule has 0 heterocycles. The van der Waals surface area contributed by atoms with E-state index in [2.05, 4.69) is 19.1 Å². The summed E-state index contributed by atoms with van der Waals surface area (Å²) in [6.45, 7) is 2.22. The van der Waals surface area contributed by atoms with E-state index in [0.717, 1.165) is 11.5 Å². The monoisotopic (exact) mass is 202 g/mol. The SMILES string of the molecule is C[C@@H]1[C@H]2CC[C@H](C2)[C@]1(O)c1ccccc1. The molecule has 0 saturated heterocycles. The lowest BCUT2D eigenvalue weighted by atomic mass is 9.72. The third kappa shape index (κ3) is 1.13. The van der Waals surface area contributed by atoms with Crippen molar-refractivity contribution in [2.75, 3.05) is 0 Å². The first-order valence-corrected chi connectivity index (χ1v) is 6.01. The maximum atomic E-state index is 10.9. The molecule has 0 spiro atoms. The van der Waals surface area contributed by atoms with Gasteiger partial charge in [0.2, 0.25) is 0 Å². The molecule has 0 amide bonds. The van der Waals surface area contributed by atoms with E-state index in [1.54, 1.807) is 0 Å². The van der Waals surface area contributed by atoms with E-state index in [-0.39, 0.29) is 0 Å². The summed E-state index contributed by atoms with van der Waals surface area (Å²) < 4.78 is 0. The lowest BCUT2D eigenvalue weighted by Crippen LogP contribution is -2.39. The smallest absolute Gasteiger partial charge is 0.0952 e. The lowest BCUT2D eigenvalue weighted by Gasteiger charge is -2.38. The van der Waals surface area contributed by atoms with Crippen LogP contribution in [-0.2, 0) is 5.60 Å². The Morgan fingerprint density at radius 3 is 2.53 bits per heavy atom. The molecule has 0 aromatic heterocycles. The fraction of sp³-hybridized carbons (Fsp3) is 0.571. The highest BCUT2D eigenvalue weighted by Gasteiger charge is 2.55. The summed E-state index contributed by atoms with van der Waals surface area (Å²) in [6.07, 6.45) is 3.76. The van der Waals surface area contributed by atoms with Crippen LogP contribution in [0.15, 0.2) is 30.3 Å². The minimum atomic E-state index is -0.538. The maximum absolute atomic E-state index is 10.9. The van der Waals surface area contributed by atoms with E-state index in [0.29, 0.717) is 11.8 Å². The molecule has 1 N–H and O–H groups in total. The zero-order valence-corrected chi connectivity index (χ0v) is 9.19. The van der Waals surface area contributed by atoms with Crippen LogP contribution in [0.1, 0.15) is 31.7 Å². The minimum absolute atomic E-state index is 0.429. The Balaban J connectivity index is 2.04. The number of hydrogen-bond acceptors (Lipinski definition) is 1. The molecular formula is C14H18O. The van der Waals surface area contributed by atoms with E-state index >= 15 is 0 Å². The second kappa shape index (κ2) is 3.08. The molecule has 80 valence electrons.